The van der Waals surface area contributed by atoms with Gasteiger partial charge in [-0.25, -0.2) is 12.7 Å². The largest absolute Gasteiger partial charge is 0.337 e. The van der Waals surface area contributed by atoms with Crippen LogP contribution in [0.1, 0.15) is 25.3 Å². The van der Waals surface area contributed by atoms with Crippen LogP contribution in [-0.4, -0.2) is 53.9 Å². The van der Waals surface area contributed by atoms with Crippen molar-refractivity contribution < 1.29 is 13.2 Å². The van der Waals surface area contributed by atoms with Crippen molar-refractivity contribution in [3.05, 3.63) is 30.1 Å². The van der Waals surface area contributed by atoms with Crippen LogP contribution in [0.2, 0.25) is 0 Å². The average molecular weight is 323 g/mol. The van der Waals surface area contributed by atoms with Gasteiger partial charge in [0.15, 0.2) is 0 Å². The first kappa shape index (κ1) is 15.4. The highest BCUT2D eigenvalue weighted by Gasteiger charge is 2.53. The van der Waals surface area contributed by atoms with Gasteiger partial charge in [-0.15, -0.1) is 0 Å². The smallest absolute Gasteiger partial charge is 0.231 e. The second-order valence-electron chi connectivity index (χ2n) is 6.10. The third-order valence-corrected chi connectivity index (χ3v) is 6.65. The van der Waals surface area contributed by atoms with Gasteiger partial charge in [0.25, 0.3) is 0 Å². The number of hydrogen-bond donors (Lipinski definition) is 0. The van der Waals surface area contributed by atoms with Crippen LogP contribution in [0.3, 0.4) is 0 Å². The number of hydrogen-bond acceptors (Lipinski definition) is 4. The first-order valence-corrected chi connectivity index (χ1v) is 9.24. The second-order valence-corrected chi connectivity index (χ2v) is 8.36. The number of rotatable bonds is 4. The molecule has 3 heterocycles. The zero-order valence-electron chi connectivity index (χ0n) is 12.7. The molecule has 0 radical (unpaired) electrons. The number of piperidine rings is 1. The maximum Gasteiger partial charge on any atom is 0.231 e. The van der Waals surface area contributed by atoms with E-state index in [-0.39, 0.29) is 17.1 Å². The van der Waals surface area contributed by atoms with Crippen molar-refractivity contribution in [1.82, 2.24) is 14.2 Å². The molecule has 6 nitrogen and oxygen atoms in total. The molecule has 22 heavy (non-hydrogen) atoms. The van der Waals surface area contributed by atoms with Gasteiger partial charge < -0.3 is 4.90 Å². The number of pyridine rings is 1. The van der Waals surface area contributed by atoms with Gasteiger partial charge in [0.1, 0.15) is 0 Å². The Balaban J connectivity index is 1.59. The Kier molecular flexibility index (Phi) is 3.94. The molecule has 0 bridgehead atoms. The maximum absolute atomic E-state index is 12.5. The molecule has 1 amide bonds. The minimum absolute atomic E-state index is 0.126. The third kappa shape index (κ3) is 2.63. The van der Waals surface area contributed by atoms with E-state index in [2.05, 4.69) is 4.98 Å². The molecule has 0 aromatic carbocycles. The standard InChI is InChI=1S/C15H21N3O3S/c1-2-22(20,21)18-8-5-15(6-9-18)12-17(14(15)19)11-13-4-3-7-16-10-13/h3-4,7,10H,2,5-6,8-9,11-12H2,1H3. The molecule has 3 rings (SSSR count). The topological polar surface area (TPSA) is 70.6 Å². The quantitative estimate of drug-likeness (QED) is 0.771. The van der Waals surface area contributed by atoms with Crippen LogP contribution < -0.4 is 0 Å². The summed E-state index contributed by atoms with van der Waals surface area (Å²) in [5.41, 5.74) is 0.693. The molecule has 1 spiro atoms. The minimum Gasteiger partial charge on any atom is -0.337 e. The summed E-state index contributed by atoms with van der Waals surface area (Å²) in [6.07, 6.45) is 4.75. The van der Waals surface area contributed by atoms with Gasteiger partial charge in [-0.2, -0.15) is 0 Å². The summed E-state index contributed by atoms with van der Waals surface area (Å²) in [4.78, 5) is 18.4. The highest BCUT2D eigenvalue weighted by Crippen LogP contribution is 2.42. The summed E-state index contributed by atoms with van der Waals surface area (Å²) in [5, 5.41) is 0. The van der Waals surface area contributed by atoms with Crippen LogP contribution in [0.4, 0.5) is 0 Å². The molecule has 120 valence electrons. The number of carbonyl (C=O) groups is 1. The summed E-state index contributed by atoms with van der Waals surface area (Å²) < 4.78 is 25.3. The lowest BCUT2D eigenvalue weighted by Gasteiger charge is -2.52. The fourth-order valence-electron chi connectivity index (χ4n) is 3.34. The van der Waals surface area contributed by atoms with Crippen LogP contribution in [0.15, 0.2) is 24.5 Å². The van der Waals surface area contributed by atoms with Gasteiger partial charge in [0, 0.05) is 38.6 Å². The summed E-state index contributed by atoms with van der Waals surface area (Å²) in [5.74, 6) is 0.283. The summed E-state index contributed by atoms with van der Waals surface area (Å²) in [6.45, 7) is 3.89. The second kappa shape index (κ2) is 5.62. The predicted octanol–water partition coefficient (Wildman–Crippen LogP) is 0.856. The molecule has 0 unspecified atom stereocenters. The molecule has 2 aliphatic heterocycles. The Morgan fingerprint density at radius 1 is 1.32 bits per heavy atom. The number of aromatic nitrogens is 1. The van der Waals surface area contributed by atoms with E-state index < -0.39 is 10.0 Å². The zero-order chi connectivity index (χ0) is 15.8. The first-order valence-electron chi connectivity index (χ1n) is 7.63. The molecular formula is C15H21N3O3S. The Morgan fingerprint density at radius 2 is 2.05 bits per heavy atom. The highest BCUT2D eigenvalue weighted by atomic mass is 32.2. The van der Waals surface area contributed by atoms with Crippen molar-refractivity contribution in [2.75, 3.05) is 25.4 Å². The first-order chi connectivity index (χ1) is 10.5. The fraction of sp³-hybridized carbons (Fsp3) is 0.600. The fourth-order valence-corrected chi connectivity index (χ4v) is 4.44. The Bertz CT molecular complexity index is 652. The van der Waals surface area contributed by atoms with Crippen molar-refractivity contribution in [3.63, 3.8) is 0 Å². The van der Waals surface area contributed by atoms with Crippen LogP contribution in [0.5, 0.6) is 0 Å². The van der Waals surface area contributed by atoms with Gasteiger partial charge in [-0.3, -0.25) is 9.78 Å². The van der Waals surface area contributed by atoms with E-state index >= 15 is 0 Å². The molecule has 1 aromatic heterocycles. The van der Waals surface area contributed by atoms with Gasteiger partial charge in [0.05, 0.1) is 11.2 Å². The normalized spacial score (nSPS) is 21.9. The van der Waals surface area contributed by atoms with E-state index in [9.17, 15) is 13.2 Å². The van der Waals surface area contributed by atoms with Gasteiger partial charge in [0.2, 0.25) is 15.9 Å². The molecular weight excluding hydrogens is 302 g/mol. The summed E-state index contributed by atoms with van der Waals surface area (Å²) in [7, 11) is -3.13. The summed E-state index contributed by atoms with van der Waals surface area (Å²) in [6, 6.07) is 3.82. The van der Waals surface area contributed by atoms with E-state index in [0.717, 1.165) is 12.1 Å². The van der Waals surface area contributed by atoms with E-state index in [1.165, 1.54) is 4.31 Å². The Labute approximate surface area is 131 Å². The minimum atomic E-state index is -3.13. The lowest BCUT2D eigenvalue weighted by atomic mass is 9.71. The van der Waals surface area contributed by atoms with Crippen LogP contribution in [0, 0.1) is 5.41 Å². The number of amides is 1. The SMILES string of the molecule is CCS(=O)(=O)N1CCC2(CC1)CN(Cc1cccnc1)C2=O. The van der Waals surface area contributed by atoms with Crippen LogP contribution in [-0.2, 0) is 21.4 Å². The number of β-lactam (4-membered cyclic amide) rings is 1. The predicted molar refractivity (Wildman–Crippen MR) is 82.4 cm³/mol. The molecule has 7 heteroatoms. The van der Waals surface area contributed by atoms with Gasteiger partial charge in [-0.05, 0) is 31.4 Å². The Hall–Kier alpha value is -1.47. The molecule has 0 saturated carbocycles. The van der Waals surface area contributed by atoms with Gasteiger partial charge in [-0.1, -0.05) is 6.07 Å². The number of likely N-dealkylation sites (tertiary alicyclic amines) is 1. The average Bonchev–Trinajstić information content (AvgIpc) is 2.55. The number of nitrogens with zero attached hydrogens (tertiary/aromatic N) is 3. The zero-order valence-corrected chi connectivity index (χ0v) is 13.6. The molecule has 1 aromatic rings. The van der Waals surface area contributed by atoms with Crippen LogP contribution in [0.25, 0.3) is 0 Å². The lowest BCUT2D eigenvalue weighted by molar-refractivity contribution is -0.165. The molecule has 2 aliphatic rings. The lowest BCUT2D eigenvalue weighted by Crippen LogP contribution is -2.64. The van der Waals surface area contributed by atoms with Crippen molar-refractivity contribution in [2.24, 2.45) is 5.41 Å². The van der Waals surface area contributed by atoms with E-state index in [1.54, 1.807) is 19.3 Å². The van der Waals surface area contributed by atoms with Crippen LogP contribution >= 0.6 is 0 Å². The third-order valence-electron chi connectivity index (χ3n) is 4.77. The molecule has 0 atom stereocenters. The maximum atomic E-state index is 12.5. The van der Waals surface area contributed by atoms with Crippen molar-refractivity contribution in [1.29, 1.82) is 0 Å². The van der Waals surface area contributed by atoms with Gasteiger partial charge >= 0.3 is 0 Å². The van der Waals surface area contributed by atoms with Crippen molar-refractivity contribution in [3.8, 4) is 0 Å². The molecule has 2 saturated heterocycles. The van der Waals surface area contributed by atoms with Crippen molar-refractivity contribution >= 4 is 15.9 Å². The Morgan fingerprint density at radius 3 is 2.59 bits per heavy atom. The highest BCUT2D eigenvalue weighted by molar-refractivity contribution is 7.89. The van der Waals surface area contributed by atoms with E-state index in [0.29, 0.717) is 32.5 Å². The summed E-state index contributed by atoms with van der Waals surface area (Å²) >= 11 is 0. The number of sulfonamides is 1. The van der Waals surface area contributed by atoms with Crippen molar-refractivity contribution in [2.45, 2.75) is 26.3 Å². The van der Waals surface area contributed by atoms with E-state index in [4.69, 9.17) is 0 Å². The van der Waals surface area contributed by atoms with E-state index in [1.807, 2.05) is 17.0 Å². The monoisotopic (exact) mass is 323 g/mol. The molecule has 2 fully saturated rings. The molecule has 0 N–H and O–H groups in total. The molecule has 0 aliphatic carbocycles. The number of carbonyl (C=O) groups excluding carboxylic acids is 1.